The maximum atomic E-state index is 5.73. The van der Waals surface area contributed by atoms with Gasteiger partial charge in [-0.2, -0.15) is 0 Å². The van der Waals surface area contributed by atoms with Crippen molar-refractivity contribution in [3.8, 4) is 0 Å². The number of thiophene rings is 1. The van der Waals surface area contributed by atoms with Crippen LogP contribution in [-0.2, 0) is 12.4 Å². The van der Waals surface area contributed by atoms with Gasteiger partial charge in [0.2, 0.25) is 0 Å². The highest BCUT2D eigenvalue weighted by Crippen LogP contribution is 2.22. The van der Waals surface area contributed by atoms with Gasteiger partial charge in [-0.1, -0.05) is 6.07 Å². The molecule has 0 aliphatic carbocycles. The van der Waals surface area contributed by atoms with Gasteiger partial charge in [-0.15, -0.1) is 22.9 Å². The van der Waals surface area contributed by atoms with E-state index in [1.807, 2.05) is 25.4 Å². The van der Waals surface area contributed by atoms with E-state index in [0.29, 0.717) is 5.88 Å². The molecule has 5 heteroatoms. The summed E-state index contributed by atoms with van der Waals surface area (Å²) >= 11 is 10.9. The van der Waals surface area contributed by atoms with Crippen LogP contribution in [0.5, 0.6) is 0 Å². The molecule has 0 saturated heterocycles. The molecule has 0 aliphatic rings. The molecule has 0 aromatic carbocycles. The van der Waals surface area contributed by atoms with Crippen LogP contribution in [0.25, 0.3) is 0 Å². The number of anilines is 1. The van der Waals surface area contributed by atoms with Gasteiger partial charge in [-0.25, -0.2) is 4.98 Å². The van der Waals surface area contributed by atoms with Crippen LogP contribution >= 0.6 is 38.9 Å². The Bertz CT molecular complexity index is 484. The molecule has 0 radical (unpaired) electrons. The normalized spacial score (nSPS) is 10.5. The monoisotopic (exact) mass is 330 g/mol. The molecular formula is C12H12BrClN2S. The van der Waals surface area contributed by atoms with E-state index in [2.05, 4.69) is 37.3 Å². The number of aromatic nitrogens is 1. The van der Waals surface area contributed by atoms with Crippen LogP contribution in [0.15, 0.2) is 33.6 Å². The van der Waals surface area contributed by atoms with E-state index in [4.69, 9.17) is 11.6 Å². The van der Waals surface area contributed by atoms with E-state index >= 15 is 0 Å². The van der Waals surface area contributed by atoms with Crippen LogP contribution in [0.2, 0.25) is 0 Å². The van der Waals surface area contributed by atoms with Crippen molar-refractivity contribution in [2.75, 3.05) is 11.9 Å². The van der Waals surface area contributed by atoms with Crippen molar-refractivity contribution in [3.63, 3.8) is 0 Å². The van der Waals surface area contributed by atoms with Crippen LogP contribution in [0.3, 0.4) is 0 Å². The topological polar surface area (TPSA) is 16.1 Å². The Kier molecular flexibility index (Phi) is 4.42. The molecule has 0 unspecified atom stereocenters. The zero-order valence-corrected chi connectivity index (χ0v) is 12.5. The summed E-state index contributed by atoms with van der Waals surface area (Å²) in [6, 6.07) is 6.14. The minimum absolute atomic E-state index is 0.508. The second-order valence-corrected chi connectivity index (χ2v) is 6.33. The average Bonchev–Trinajstić information content (AvgIpc) is 2.75. The Labute approximate surface area is 118 Å². The predicted molar refractivity (Wildman–Crippen MR) is 77.9 cm³/mol. The molecule has 0 bridgehead atoms. The number of hydrogen-bond donors (Lipinski definition) is 0. The minimum atomic E-state index is 0.508. The summed E-state index contributed by atoms with van der Waals surface area (Å²) < 4.78 is 1.16. The first kappa shape index (κ1) is 12.9. The number of pyridine rings is 1. The summed E-state index contributed by atoms with van der Waals surface area (Å²) in [7, 11) is 2.04. The van der Waals surface area contributed by atoms with Crippen LogP contribution < -0.4 is 4.90 Å². The molecule has 2 aromatic rings. The van der Waals surface area contributed by atoms with Gasteiger partial charge in [0.15, 0.2) is 0 Å². The second-order valence-electron chi connectivity index (χ2n) is 3.77. The Morgan fingerprint density at radius 2 is 2.24 bits per heavy atom. The van der Waals surface area contributed by atoms with Crippen molar-refractivity contribution < 1.29 is 0 Å². The lowest BCUT2D eigenvalue weighted by atomic mass is 10.3. The lowest BCUT2D eigenvalue weighted by molar-refractivity contribution is 0.900. The average molecular weight is 332 g/mol. The third-order valence-corrected chi connectivity index (χ3v) is 4.26. The molecule has 0 spiro atoms. The SMILES string of the molecule is CN(Cc1csc(Br)c1)c1ccc(CCl)cn1. The van der Waals surface area contributed by atoms with Gasteiger partial charge in [0.25, 0.3) is 0 Å². The molecule has 0 amide bonds. The zero-order chi connectivity index (χ0) is 12.3. The first-order valence-corrected chi connectivity index (χ1v) is 7.34. The molecule has 0 N–H and O–H groups in total. The summed E-state index contributed by atoms with van der Waals surface area (Å²) in [6.45, 7) is 0.856. The number of alkyl halides is 1. The first-order chi connectivity index (χ1) is 8.19. The van der Waals surface area contributed by atoms with Crippen molar-refractivity contribution in [2.24, 2.45) is 0 Å². The third-order valence-electron chi connectivity index (χ3n) is 2.40. The fourth-order valence-corrected chi connectivity index (χ4v) is 2.86. The van der Waals surface area contributed by atoms with Gasteiger partial charge < -0.3 is 4.90 Å². The van der Waals surface area contributed by atoms with Gasteiger partial charge >= 0.3 is 0 Å². The Morgan fingerprint density at radius 1 is 1.41 bits per heavy atom. The smallest absolute Gasteiger partial charge is 0.128 e. The van der Waals surface area contributed by atoms with Gasteiger partial charge in [0.05, 0.1) is 3.79 Å². The van der Waals surface area contributed by atoms with Crippen LogP contribution in [-0.4, -0.2) is 12.0 Å². The van der Waals surface area contributed by atoms with E-state index in [0.717, 1.165) is 21.7 Å². The lowest BCUT2D eigenvalue weighted by Crippen LogP contribution is -2.17. The summed E-state index contributed by atoms with van der Waals surface area (Å²) in [4.78, 5) is 6.50. The molecule has 0 fully saturated rings. The Morgan fingerprint density at radius 3 is 2.76 bits per heavy atom. The van der Waals surface area contributed by atoms with E-state index in [1.54, 1.807) is 11.3 Å². The minimum Gasteiger partial charge on any atom is -0.355 e. The summed E-state index contributed by atoms with van der Waals surface area (Å²) in [6.07, 6.45) is 1.82. The molecule has 2 aromatic heterocycles. The Balaban J connectivity index is 2.06. The van der Waals surface area contributed by atoms with Crippen LogP contribution in [0, 0.1) is 0 Å². The second kappa shape index (κ2) is 5.85. The van der Waals surface area contributed by atoms with Crippen molar-refractivity contribution in [1.29, 1.82) is 0 Å². The highest BCUT2D eigenvalue weighted by molar-refractivity contribution is 9.11. The van der Waals surface area contributed by atoms with E-state index in [1.165, 1.54) is 5.56 Å². The molecule has 2 rings (SSSR count). The summed E-state index contributed by atoms with van der Waals surface area (Å²) in [5.74, 6) is 1.47. The quantitative estimate of drug-likeness (QED) is 0.777. The predicted octanol–water partition coefficient (Wildman–Crippen LogP) is 4.28. The molecule has 0 atom stereocenters. The largest absolute Gasteiger partial charge is 0.355 e. The van der Waals surface area contributed by atoms with E-state index in [9.17, 15) is 0 Å². The van der Waals surface area contributed by atoms with Gasteiger partial charge in [0, 0.05) is 25.7 Å². The maximum Gasteiger partial charge on any atom is 0.128 e. The van der Waals surface area contributed by atoms with E-state index in [-0.39, 0.29) is 0 Å². The fraction of sp³-hybridized carbons (Fsp3) is 0.250. The molecule has 2 nitrogen and oxygen atoms in total. The molecule has 0 aliphatic heterocycles. The molecule has 2 heterocycles. The van der Waals surface area contributed by atoms with Gasteiger partial charge in [0.1, 0.15) is 5.82 Å². The molecular weight excluding hydrogens is 320 g/mol. The number of nitrogens with zero attached hydrogens (tertiary/aromatic N) is 2. The number of rotatable bonds is 4. The summed E-state index contributed by atoms with van der Waals surface area (Å²) in [5, 5.41) is 2.15. The zero-order valence-electron chi connectivity index (χ0n) is 9.36. The third kappa shape index (κ3) is 3.44. The standard InChI is InChI=1S/C12H12BrClN2S/c1-16(7-10-4-11(13)17-8-10)12-3-2-9(5-14)6-15-12/h2-4,6,8H,5,7H2,1H3. The molecule has 0 saturated carbocycles. The van der Waals surface area contributed by atoms with Crippen LogP contribution in [0.4, 0.5) is 5.82 Å². The van der Waals surface area contributed by atoms with Gasteiger partial charge in [-0.05, 0) is 44.6 Å². The fourth-order valence-electron chi connectivity index (χ4n) is 1.51. The van der Waals surface area contributed by atoms with E-state index < -0.39 is 0 Å². The van der Waals surface area contributed by atoms with Crippen molar-refractivity contribution in [1.82, 2.24) is 4.98 Å². The first-order valence-electron chi connectivity index (χ1n) is 5.14. The molecule has 90 valence electrons. The molecule has 17 heavy (non-hydrogen) atoms. The van der Waals surface area contributed by atoms with Gasteiger partial charge in [-0.3, -0.25) is 0 Å². The highest BCUT2D eigenvalue weighted by atomic mass is 79.9. The van der Waals surface area contributed by atoms with Crippen molar-refractivity contribution in [2.45, 2.75) is 12.4 Å². The van der Waals surface area contributed by atoms with Crippen molar-refractivity contribution >= 4 is 44.7 Å². The highest BCUT2D eigenvalue weighted by Gasteiger charge is 2.05. The number of hydrogen-bond acceptors (Lipinski definition) is 3. The van der Waals surface area contributed by atoms with Crippen LogP contribution in [0.1, 0.15) is 11.1 Å². The Hall–Kier alpha value is -0.580. The van der Waals surface area contributed by atoms with Crippen molar-refractivity contribution in [3.05, 3.63) is 44.7 Å². The lowest BCUT2D eigenvalue weighted by Gasteiger charge is -2.17. The summed E-state index contributed by atoms with van der Waals surface area (Å²) in [5.41, 5.74) is 2.33. The maximum absolute atomic E-state index is 5.73. The number of halogens is 2.